The molecular weight excluding hydrogens is 323 g/mol. The van der Waals surface area contributed by atoms with E-state index in [1.165, 1.54) is 0 Å². The van der Waals surface area contributed by atoms with E-state index in [1.807, 2.05) is 17.7 Å². The Hall–Kier alpha value is -2.58. The van der Waals surface area contributed by atoms with E-state index in [4.69, 9.17) is 0 Å². The largest absolute Gasteiger partial charge is 0.417 e. The van der Waals surface area contributed by atoms with E-state index in [-0.39, 0.29) is 11.9 Å². The number of halogens is 3. The van der Waals surface area contributed by atoms with Crippen molar-refractivity contribution < 1.29 is 18.0 Å². The maximum Gasteiger partial charge on any atom is 0.417 e. The number of aromatic nitrogens is 3. The number of rotatable bonds is 2. The molecule has 128 valence electrons. The lowest BCUT2D eigenvalue weighted by Crippen LogP contribution is -2.43. The second-order valence-electron chi connectivity index (χ2n) is 5.71. The fraction of sp³-hybridized carbons (Fsp3) is 0.400. The molecule has 2 aromatic rings. The zero-order chi connectivity index (χ0) is 17.3. The highest BCUT2D eigenvalue weighted by Crippen LogP contribution is 2.28. The Morgan fingerprint density at radius 3 is 2.83 bits per heavy atom. The molecule has 1 aliphatic heterocycles. The van der Waals surface area contributed by atoms with E-state index in [2.05, 4.69) is 20.6 Å². The van der Waals surface area contributed by atoms with Crippen LogP contribution >= 0.6 is 0 Å². The van der Waals surface area contributed by atoms with Gasteiger partial charge in [-0.2, -0.15) is 13.2 Å². The minimum absolute atomic E-state index is 0.0653. The molecule has 0 saturated heterocycles. The third-order valence-corrected chi connectivity index (χ3v) is 3.78. The van der Waals surface area contributed by atoms with Gasteiger partial charge >= 0.3 is 12.2 Å². The zero-order valence-electron chi connectivity index (χ0n) is 12.9. The van der Waals surface area contributed by atoms with Crippen molar-refractivity contribution in [3.8, 4) is 0 Å². The van der Waals surface area contributed by atoms with Gasteiger partial charge in [0.05, 0.1) is 11.3 Å². The van der Waals surface area contributed by atoms with Gasteiger partial charge in [-0.05, 0) is 25.5 Å². The number of pyridine rings is 1. The molecule has 3 heterocycles. The molecule has 6 nitrogen and oxygen atoms in total. The Morgan fingerprint density at radius 1 is 1.38 bits per heavy atom. The topological polar surface area (TPSA) is 71.8 Å². The molecule has 0 aliphatic carbocycles. The summed E-state index contributed by atoms with van der Waals surface area (Å²) in [4.78, 5) is 20.0. The van der Waals surface area contributed by atoms with Crippen LogP contribution < -0.4 is 10.6 Å². The lowest BCUT2D eigenvalue weighted by atomic mass is 10.1. The summed E-state index contributed by atoms with van der Waals surface area (Å²) >= 11 is 0. The van der Waals surface area contributed by atoms with E-state index in [0.29, 0.717) is 12.7 Å². The summed E-state index contributed by atoms with van der Waals surface area (Å²) in [6, 6.07) is 1.44. The summed E-state index contributed by atoms with van der Waals surface area (Å²) in [5.41, 5.74) is 0.0767. The number of amides is 2. The fourth-order valence-corrected chi connectivity index (χ4v) is 2.68. The number of carbonyl (C=O) groups excluding carboxylic acids is 1. The van der Waals surface area contributed by atoms with Crippen LogP contribution in [0, 0.1) is 6.92 Å². The zero-order valence-corrected chi connectivity index (χ0v) is 12.9. The Kier molecular flexibility index (Phi) is 4.16. The first-order valence-electron chi connectivity index (χ1n) is 7.44. The minimum Gasteiger partial charge on any atom is -0.333 e. The summed E-state index contributed by atoms with van der Waals surface area (Å²) in [6.07, 6.45) is -0.312. The molecule has 0 aromatic carbocycles. The number of nitrogens with zero attached hydrogens (tertiary/aromatic N) is 3. The molecule has 0 bridgehead atoms. The highest BCUT2D eigenvalue weighted by atomic mass is 19.4. The molecule has 0 saturated carbocycles. The van der Waals surface area contributed by atoms with Gasteiger partial charge in [-0.15, -0.1) is 0 Å². The Bertz CT molecular complexity index is 739. The first-order chi connectivity index (χ1) is 11.3. The highest BCUT2D eigenvalue weighted by molar-refractivity contribution is 5.88. The standard InChI is InChI=1S/C15H16F3N5O/c1-9-7-23-8-11(3-5-13(23)20-9)21-14(24)22-12-4-2-10(6-19-12)15(16,17)18/h2,4,6-7,11H,3,5,8H2,1H3,(H2,19,21,22,24). The van der Waals surface area contributed by atoms with Crippen LogP contribution in [0.5, 0.6) is 0 Å². The minimum atomic E-state index is -4.45. The van der Waals surface area contributed by atoms with Gasteiger partial charge in [-0.3, -0.25) is 5.32 Å². The Morgan fingerprint density at radius 2 is 2.17 bits per heavy atom. The molecular formula is C15H16F3N5O. The van der Waals surface area contributed by atoms with Crippen LogP contribution in [0.2, 0.25) is 0 Å². The van der Waals surface area contributed by atoms with E-state index in [0.717, 1.165) is 36.5 Å². The summed E-state index contributed by atoms with van der Waals surface area (Å²) < 4.78 is 39.4. The molecule has 3 rings (SSSR count). The number of imidazole rings is 1. The van der Waals surface area contributed by atoms with Gasteiger partial charge in [0.25, 0.3) is 0 Å². The molecule has 1 aliphatic rings. The van der Waals surface area contributed by atoms with Crippen LogP contribution in [0.4, 0.5) is 23.8 Å². The molecule has 0 fully saturated rings. The van der Waals surface area contributed by atoms with Crippen molar-refractivity contribution in [3.63, 3.8) is 0 Å². The van der Waals surface area contributed by atoms with Crippen LogP contribution in [0.15, 0.2) is 24.5 Å². The maximum atomic E-state index is 12.5. The van der Waals surface area contributed by atoms with Gasteiger partial charge in [-0.1, -0.05) is 0 Å². The molecule has 0 radical (unpaired) electrons. The third kappa shape index (κ3) is 3.66. The number of alkyl halides is 3. The molecule has 1 atom stereocenters. The summed E-state index contributed by atoms with van der Waals surface area (Å²) in [7, 11) is 0. The van der Waals surface area contributed by atoms with Crippen LogP contribution in [0.25, 0.3) is 0 Å². The number of aryl methyl sites for hydroxylation is 2. The van der Waals surface area contributed by atoms with Crippen LogP contribution in [-0.4, -0.2) is 26.6 Å². The molecule has 9 heteroatoms. The fourth-order valence-electron chi connectivity index (χ4n) is 2.68. The number of carbonyl (C=O) groups is 1. The summed E-state index contributed by atoms with van der Waals surface area (Å²) in [6.45, 7) is 2.53. The second-order valence-corrected chi connectivity index (χ2v) is 5.71. The first-order valence-corrected chi connectivity index (χ1v) is 7.44. The Balaban J connectivity index is 1.56. The van der Waals surface area contributed by atoms with Crippen molar-refractivity contribution in [2.75, 3.05) is 5.32 Å². The predicted octanol–water partition coefficient (Wildman–Crippen LogP) is 2.74. The van der Waals surface area contributed by atoms with Gasteiger partial charge in [0.1, 0.15) is 11.6 Å². The number of hydrogen-bond acceptors (Lipinski definition) is 3. The number of nitrogens with one attached hydrogen (secondary N) is 2. The molecule has 2 aromatic heterocycles. The van der Waals surface area contributed by atoms with Crippen molar-refractivity contribution in [2.24, 2.45) is 0 Å². The summed E-state index contributed by atoms with van der Waals surface area (Å²) in [5, 5.41) is 5.25. The highest BCUT2D eigenvalue weighted by Gasteiger charge is 2.30. The van der Waals surface area contributed by atoms with Crippen molar-refractivity contribution in [1.29, 1.82) is 0 Å². The van der Waals surface area contributed by atoms with E-state index in [9.17, 15) is 18.0 Å². The smallest absolute Gasteiger partial charge is 0.333 e. The van der Waals surface area contributed by atoms with Crippen LogP contribution in [-0.2, 0) is 19.1 Å². The summed E-state index contributed by atoms with van der Waals surface area (Å²) in [5.74, 6) is 1.06. The quantitative estimate of drug-likeness (QED) is 0.884. The normalized spacial score (nSPS) is 17.2. The lowest BCUT2D eigenvalue weighted by Gasteiger charge is -2.24. The van der Waals surface area contributed by atoms with Crippen LogP contribution in [0.1, 0.15) is 23.5 Å². The van der Waals surface area contributed by atoms with Crippen molar-refractivity contribution in [1.82, 2.24) is 19.9 Å². The average Bonchev–Trinajstić information content (AvgIpc) is 2.86. The van der Waals surface area contributed by atoms with Gasteiger partial charge in [0.15, 0.2) is 0 Å². The van der Waals surface area contributed by atoms with E-state index >= 15 is 0 Å². The number of fused-ring (bicyclic) bond motifs is 1. The van der Waals surface area contributed by atoms with Gasteiger partial charge in [-0.25, -0.2) is 14.8 Å². The molecule has 1 unspecified atom stereocenters. The number of hydrogen-bond donors (Lipinski definition) is 2. The predicted molar refractivity (Wildman–Crippen MR) is 80.5 cm³/mol. The van der Waals surface area contributed by atoms with Gasteiger partial charge < -0.3 is 9.88 Å². The van der Waals surface area contributed by atoms with Crippen molar-refractivity contribution >= 4 is 11.8 Å². The Labute approximate surface area is 136 Å². The molecule has 2 amide bonds. The SMILES string of the molecule is Cc1cn2c(n1)CCC(NC(=O)Nc1ccc(C(F)(F)F)cn1)C2. The second kappa shape index (κ2) is 6.14. The molecule has 2 N–H and O–H groups in total. The number of anilines is 1. The average molecular weight is 339 g/mol. The lowest BCUT2D eigenvalue weighted by molar-refractivity contribution is -0.137. The third-order valence-electron chi connectivity index (χ3n) is 3.78. The van der Waals surface area contributed by atoms with Crippen LogP contribution in [0.3, 0.4) is 0 Å². The van der Waals surface area contributed by atoms with Crippen molar-refractivity contribution in [3.05, 3.63) is 41.6 Å². The maximum absolute atomic E-state index is 12.5. The van der Waals surface area contributed by atoms with Crippen molar-refractivity contribution in [2.45, 2.75) is 38.5 Å². The van der Waals surface area contributed by atoms with E-state index < -0.39 is 17.8 Å². The molecule has 24 heavy (non-hydrogen) atoms. The first kappa shape index (κ1) is 16.3. The monoisotopic (exact) mass is 339 g/mol. The van der Waals surface area contributed by atoms with Gasteiger partial charge in [0.2, 0.25) is 0 Å². The number of urea groups is 1. The van der Waals surface area contributed by atoms with Gasteiger partial charge in [0, 0.05) is 31.4 Å². The molecule has 0 spiro atoms. The van der Waals surface area contributed by atoms with E-state index in [1.54, 1.807) is 0 Å².